The third-order valence-electron chi connectivity index (χ3n) is 3.71. The summed E-state index contributed by atoms with van der Waals surface area (Å²) in [5.74, 6) is 0.412. The molecule has 0 fully saturated rings. The molecule has 126 valence electrons. The summed E-state index contributed by atoms with van der Waals surface area (Å²) in [6.07, 6.45) is 0.217. The average Bonchev–Trinajstić information content (AvgIpc) is 2.50. The molecule has 0 unspecified atom stereocenters. The number of benzene rings is 2. The van der Waals surface area contributed by atoms with Gasteiger partial charge in [-0.3, -0.25) is 9.59 Å². The summed E-state index contributed by atoms with van der Waals surface area (Å²) >= 11 is 0. The second-order valence-corrected chi connectivity index (χ2v) is 5.74. The lowest BCUT2D eigenvalue weighted by molar-refractivity contribution is -0.116. The Labute approximate surface area is 142 Å². The van der Waals surface area contributed by atoms with Crippen LogP contribution in [-0.4, -0.2) is 18.9 Å². The Hall–Kier alpha value is -2.82. The molecule has 0 saturated heterocycles. The zero-order valence-electron chi connectivity index (χ0n) is 14.4. The molecule has 0 atom stereocenters. The Balaban J connectivity index is 2.11. The first-order valence-corrected chi connectivity index (χ1v) is 7.70. The Morgan fingerprint density at radius 1 is 1.00 bits per heavy atom. The van der Waals surface area contributed by atoms with Crippen LogP contribution in [0.4, 0.5) is 11.4 Å². The Kier molecular flexibility index (Phi) is 5.58. The Morgan fingerprint density at radius 3 is 2.25 bits per heavy atom. The lowest BCUT2D eigenvalue weighted by atomic mass is 10.0. The summed E-state index contributed by atoms with van der Waals surface area (Å²) in [5, 5.41) is 5.53. The molecule has 0 heterocycles. The van der Waals surface area contributed by atoms with Gasteiger partial charge in [-0.2, -0.15) is 0 Å². The van der Waals surface area contributed by atoms with Crippen molar-refractivity contribution in [2.75, 3.05) is 17.7 Å². The van der Waals surface area contributed by atoms with Crippen molar-refractivity contribution in [2.45, 2.75) is 27.2 Å². The number of hydrogen-bond donors (Lipinski definition) is 2. The highest BCUT2D eigenvalue weighted by Gasteiger charge is 2.11. The number of anilines is 2. The van der Waals surface area contributed by atoms with E-state index in [2.05, 4.69) is 10.6 Å². The molecule has 2 rings (SSSR count). The van der Waals surface area contributed by atoms with Gasteiger partial charge in [0.05, 0.1) is 13.5 Å². The number of carbonyl (C=O) groups excluding carboxylic acids is 2. The number of methoxy groups -OCH3 is 1. The number of carbonyl (C=O) groups is 2. The molecule has 0 bridgehead atoms. The first-order valence-electron chi connectivity index (χ1n) is 7.70. The fourth-order valence-corrected chi connectivity index (χ4v) is 2.43. The van der Waals surface area contributed by atoms with E-state index >= 15 is 0 Å². The molecule has 0 aliphatic carbocycles. The maximum atomic E-state index is 12.3. The number of nitrogens with one attached hydrogen (secondary N) is 2. The summed E-state index contributed by atoms with van der Waals surface area (Å²) in [4.78, 5) is 23.4. The van der Waals surface area contributed by atoms with E-state index in [1.807, 2.05) is 26.0 Å². The molecular weight excluding hydrogens is 304 g/mol. The van der Waals surface area contributed by atoms with Gasteiger partial charge in [0.25, 0.3) is 0 Å². The van der Waals surface area contributed by atoms with Gasteiger partial charge < -0.3 is 15.4 Å². The molecule has 0 saturated carbocycles. The predicted octanol–water partition coefficient (Wildman–Crippen LogP) is 3.45. The van der Waals surface area contributed by atoms with Crippen LogP contribution in [0.2, 0.25) is 0 Å². The Bertz CT molecular complexity index is 769. The van der Waals surface area contributed by atoms with Crippen molar-refractivity contribution in [1.82, 2.24) is 0 Å². The summed E-state index contributed by atoms with van der Waals surface area (Å²) in [6.45, 7) is 5.46. The van der Waals surface area contributed by atoms with Crippen LogP contribution in [0.25, 0.3) is 0 Å². The summed E-state index contributed by atoms with van der Waals surface area (Å²) < 4.78 is 5.37. The van der Waals surface area contributed by atoms with Crippen LogP contribution in [-0.2, 0) is 16.0 Å². The maximum absolute atomic E-state index is 12.3. The highest BCUT2D eigenvalue weighted by atomic mass is 16.5. The van der Waals surface area contributed by atoms with E-state index < -0.39 is 0 Å². The molecule has 2 N–H and O–H groups in total. The standard InChI is InChI=1S/C19H22N2O3/c1-12-8-15(18(24-4)9-13(12)2)10-19(23)21-17-7-5-6-16(11-17)20-14(3)22/h5-9,11H,10H2,1-4H3,(H,20,22)(H,21,23). The van der Waals surface area contributed by atoms with E-state index in [4.69, 9.17) is 4.74 Å². The third-order valence-corrected chi connectivity index (χ3v) is 3.71. The normalized spacial score (nSPS) is 10.2. The van der Waals surface area contributed by atoms with Gasteiger partial charge >= 0.3 is 0 Å². The number of rotatable bonds is 5. The van der Waals surface area contributed by atoms with Gasteiger partial charge in [0.15, 0.2) is 0 Å². The van der Waals surface area contributed by atoms with Crippen molar-refractivity contribution < 1.29 is 14.3 Å². The lowest BCUT2D eigenvalue weighted by Gasteiger charge is -2.12. The van der Waals surface area contributed by atoms with Crippen molar-refractivity contribution in [1.29, 1.82) is 0 Å². The molecule has 2 aromatic rings. The minimum absolute atomic E-state index is 0.142. The fourth-order valence-electron chi connectivity index (χ4n) is 2.43. The van der Waals surface area contributed by atoms with E-state index in [9.17, 15) is 9.59 Å². The molecule has 0 aliphatic heterocycles. The fraction of sp³-hybridized carbons (Fsp3) is 0.263. The summed E-state index contributed by atoms with van der Waals surface area (Å²) in [5.41, 5.74) is 4.36. The largest absolute Gasteiger partial charge is 0.496 e. The average molecular weight is 326 g/mol. The van der Waals surface area contributed by atoms with Gasteiger partial charge in [-0.1, -0.05) is 12.1 Å². The minimum Gasteiger partial charge on any atom is -0.496 e. The molecular formula is C19H22N2O3. The summed E-state index contributed by atoms with van der Waals surface area (Å²) in [7, 11) is 1.60. The van der Waals surface area contributed by atoms with Crippen LogP contribution < -0.4 is 15.4 Å². The molecule has 2 amide bonds. The molecule has 0 aliphatic rings. The van der Waals surface area contributed by atoms with E-state index in [1.165, 1.54) is 6.92 Å². The molecule has 5 nitrogen and oxygen atoms in total. The number of amides is 2. The molecule has 0 radical (unpaired) electrons. The smallest absolute Gasteiger partial charge is 0.228 e. The van der Waals surface area contributed by atoms with Gasteiger partial charge in [0.2, 0.25) is 11.8 Å². The monoisotopic (exact) mass is 326 g/mol. The van der Waals surface area contributed by atoms with E-state index in [-0.39, 0.29) is 18.2 Å². The first-order chi connectivity index (χ1) is 11.4. The van der Waals surface area contributed by atoms with E-state index in [0.29, 0.717) is 17.1 Å². The molecule has 0 aromatic heterocycles. The maximum Gasteiger partial charge on any atom is 0.228 e. The number of ether oxygens (including phenoxy) is 1. The van der Waals surface area contributed by atoms with Crippen LogP contribution in [0.1, 0.15) is 23.6 Å². The van der Waals surface area contributed by atoms with Crippen LogP contribution in [0.5, 0.6) is 5.75 Å². The van der Waals surface area contributed by atoms with Crippen molar-refractivity contribution in [3.05, 3.63) is 53.1 Å². The molecule has 2 aromatic carbocycles. The van der Waals surface area contributed by atoms with E-state index in [0.717, 1.165) is 16.7 Å². The predicted molar refractivity (Wildman–Crippen MR) is 95.5 cm³/mol. The topological polar surface area (TPSA) is 67.4 Å². The van der Waals surface area contributed by atoms with Crippen LogP contribution in [0.3, 0.4) is 0 Å². The van der Waals surface area contributed by atoms with Crippen molar-refractivity contribution >= 4 is 23.2 Å². The van der Waals surface area contributed by atoms with E-state index in [1.54, 1.807) is 31.4 Å². The van der Waals surface area contributed by atoms with Crippen LogP contribution in [0, 0.1) is 13.8 Å². The van der Waals surface area contributed by atoms with Crippen LogP contribution in [0.15, 0.2) is 36.4 Å². The second kappa shape index (κ2) is 7.64. The van der Waals surface area contributed by atoms with Crippen molar-refractivity contribution in [3.63, 3.8) is 0 Å². The van der Waals surface area contributed by atoms with Crippen molar-refractivity contribution in [3.8, 4) is 5.75 Å². The highest BCUT2D eigenvalue weighted by Crippen LogP contribution is 2.24. The zero-order chi connectivity index (χ0) is 17.7. The quantitative estimate of drug-likeness (QED) is 0.884. The first kappa shape index (κ1) is 17.5. The van der Waals surface area contributed by atoms with Gasteiger partial charge in [0.1, 0.15) is 5.75 Å². The zero-order valence-corrected chi connectivity index (χ0v) is 14.4. The SMILES string of the molecule is COc1cc(C)c(C)cc1CC(=O)Nc1cccc(NC(C)=O)c1. The number of hydrogen-bond acceptors (Lipinski definition) is 3. The second-order valence-electron chi connectivity index (χ2n) is 5.74. The van der Waals surface area contributed by atoms with Gasteiger partial charge in [-0.15, -0.1) is 0 Å². The minimum atomic E-state index is -0.154. The lowest BCUT2D eigenvalue weighted by Crippen LogP contribution is -2.15. The molecule has 0 spiro atoms. The Morgan fingerprint density at radius 2 is 1.62 bits per heavy atom. The van der Waals surface area contributed by atoms with Gasteiger partial charge in [-0.25, -0.2) is 0 Å². The highest BCUT2D eigenvalue weighted by molar-refractivity contribution is 5.94. The van der Waals surface area contributed by atoms with Gasteiger partial charge in [0, 0.05) is 23.9 Å². The van der Waals surface area contributed by atoms with Gasteiger partial charge in [-0.05, 0) is 49.2 Å². The van der Waals surface area contributed by atoms with Crippen molar-refractivity contribution in [2.24, 2.45) is 0 Å². The summed E-state index contributed by atoms with van der Waals surface area (Å²) in [6, 6.07) is 11.0. The van der Waals surface area contributed by atoms with Crippen LogP contribution >= 0.6 is 0 Å². The number of aryl methyl sites for hydroxylation is 2. The molecule has 24 heavy (non-hydrogen) atoms. The third kappa shape index (κ3) is 4.59. The molecule has 5 heteroatoms.